The van der Waals surface area contributed by atoms with Gasteiger partial charge in [0.2, 0.25) is 0 Å². The number of carbonyl (C=O) groups excluding carboxylic acids is 1. The van der Waals surface area contributed by atoms with E-state index in [1.807, 2.05) is 36.4 Å². The molecule has 0 aliphatic carbocycles. The van der Waals surface area contributed by atoms with Gasteiger partial charge in [0, 0.05) is 74.9 Å². The van der Waals surface area contributed by atoms with E-state index in [9.17, 15) is 14.7 Å². The minimum absolute atomic E-state index is 0.249. The minimum atomic E-state index is -0.925. The summed E-state index contributed by atoms with van der Waals surface area (Å²) in [4.78, 5) is 36.2. The molecule has 214 valence electrons. The molecular weight excluding hydrogens is 524 g/mol. The molecule has 2 atom stereocenters. The number of aromatic nitrogens is 2. The first kappa shape index (κ1) is 28.3. The van der Waals surface area contributed by atoms with Crippen LogP contribution in [-0.2, 0) is 14.2 Å². The van der Waals surface area contributed by atoms with E-state index in [0.29, 0.717) is 22.0 Å². The van der Waals surface area contributed by atoms with E-state index in [0.717, 1.165) is 61.3 Å². The van der Waals surface area contributed by atoms with Crippen LogP contribution in [0.15, 0.2) is 60.9 Å². The molecule has 1 N–H and O–H groups in total. The zero-order chi connectivity index (χ0) is 28.9. The van der Waals surface area contributed by atoms with Gasteiger partial charge in [-0.1, -0.05) is 0 Å². The van der Waals surface area contributed by atoms with E-state index in [2.05, 4.69) is 19.8 Å². The van der Waals surface area contributed by atoms with Crippen molar-refractivity contribution in [3.63, 3.8) is 0 Å². The van der Waals surface area contributed by atoms with Crippen molar-refractivity contribution in [2.24, 2.45) is 0 Å². The number of anilines is 2. The van der Waals surface area contributed by atoms with E-state index < -0.39 is 5.97 Å². The summed E-state index contributed by atoms with van der Waals surface area (Å²) >= 11 is 0. The number of rotatable bonds is 6. The Bertz CT molecular complexity index is 1560. The molecule has 6 rings (SSSR count). The molecule has 2 saturated heterocycles. The Morgan fingerprint density at radius 2 is 1.24 bits per heavy atom. The van der Waals surface area contributed by atoms with Gasteiger partial charge in [-0.15, -0.1) is 0 Å². The highest BCUT2D eigenvalue weighted by Crippen LogP contribution is 2.28. The summed E-state index contributed by atoms with van der Waals surface area (Å²) < 4.78 is 15.6. The third kappa shape index (κ3) is 6.08. The molecule has 2 fully saturated rings. The van der Waals surface area contributed by atoms with Gasteiger partial charge >= 0.3 is 11.9 Å². The maximum absolute atomic E-state index is 11.9. The number of benzene rings is 2. The van der Waals surface area contributed by atoms with Crippen LogP contribution in [-0.4, -0.2) is 86.7 Å². The lowest BCUT2D eigenvalue weighted by atomic mass is 10.1. The number of carboxylic acids is 1. The normalized spacial score (nSPS) is 18.4. The fraction of sp³-hybridized carbons (Fsp3) is 0.355. The highest BCUT2D eigenvalue weighted by Gasteiger charge is 2.24. The summed E-state index contributed by atoms with van der Waals surface area (Å²) in [6.45, 7) is 3.59. The lowest BCUT2D eigenvalue weighted by Crippen LogP contribution is -2.22. The number of esters is 1. The molecule has 0 saturated carbocycles. The third-order valence-corrected chi connectivity index (χ3v) is 7.77. The molecule has 0 bridgehead atoms. The fourth-order valence-electron chi connectivity index (χ4n) is 5.45. The van der Waals surface area contributed by atoms with E-state index >= 15 is 0 Å². The van der Waals surface area contributed by atoms with Gasteiger partial charge in [0.15, 0.2) is 0 Å². The van der Waals surface area contributed by atoms with Crippen LogP contribution in [0, 0.1) is 0 Å². The maximum atomic E-state index is 11.9. The first-order valence-electron chi connectivity index (χ1n) is 13.6. The first-order chi connectivity index (χ1) is 19.9. The molecule has 2 aliphatic heterocycles. The second-order valence-corrected chi connectivity index (χ2v) is 10.1. The molecule has 41 heavy (non-hydrogen) atoms. The van der Waals surface area contributed by atoms with Crippen LogP contribution in [0.25, 0.3) is 21.8 Å². The summed E-state index contributed by atoms with van der Waals surface area (Å²) in [6, 6.07) is 15.0. The fourth-order valence-corrected chi connectivity index (χ4v) is 5.45. The average Bonchev–Trinajstić information content (AvgIpc) is 3.70. The molecule has 2 aromatic heterocycles. The van der Waals surface area contributed by atoms with E-state index in [1.54, 1.807) is 26.5 Å². The van der Waals surface area contributed by atoms with E-state index in [1.165, 1.54) is 19.4 Å². The Labute approximate surface area is 238 Å². The van der Waals surface area contributed by atoms with Crippen molar-refractivity contribution < 1.29 is 28.9 Å². The molecule has 10 heteroatoms. The van der Waals surface area contributed by atoms with Gasteiger partial charge < -0.3 is 29.1 Å². The molecule has 2 aliphatic rings. The number of nitrogens with zero attached hydrogens (tertiary/aromatic N) is 4. The second-order valence-electron chi connectivity index (χ2n) is 10.1. The number of methoxy groups -OCH3 is 3. The Hall–Kier alpha value is -4.28. The number of hydrogen-bond donors (Lipinski definition) is 1. The third-order valence-electron chi connectivity index (χ3n) is 7.77. The summed E-state index contributed by atoms with van der Waals surface area (Å²) in [6.07, 6.45) is 5.69. The minimum Gasteiger partial charge on any atom is -0.478 e. The van der Waals surface area contributed by atoms with E-state index in [-0.39, 0.29) is 18.2 Å². The molecule has 0 unspecified atom stereocenters. The predicted molar refractivity (Wildman–Crippen MR) is 157 cm³/mol. The molecule has 4 heterocycles. The van der Waals surface area contributed by atoms with Gasteiger partial charge in [0.1, 0.15) is 0 Å². The van der Waals surface area contributed by atoms with Crippen LogP contribution < -0.4 is 9.80 Å². The molecular formula is C31H34N4O6. The highest BCUT2D eigenvalue weighted by atomic mass is 16.5. The largest absolute Gasteiger partial charge is 0.478 e. The van der Waals surface area contributed by atoms with Crippen LogP contribution in [0.1, 0.15) is 33.6 Å². The quantitative estimate of drug-likeness (QED) is 0.342. The van der Waals surface area contributed by atoms with Crippen LogP contribution in [0.2, 0.25) is 0 Å². The molecule has 10 nitrogen and oxygen atoms in total. The van der Waals surface area contributed by atoms with Crippen LogP contribution in [0.3, 0.4) is 0 Å². The monoisotopic (exact) mass is 558 g/mol. The van der Waals surface area contributed by atoms with Gasteiger partial charge in [0.25, 0.3) is 0 Å². The number of aromatic carboxylic acids is 1. The van der Waals surface area contributed by atoms with Crippen molar-refractivity contribution in [3.8, 4) is 0 Å². The van der Waals surface area contributed by atoms with Crippen molar-refractivity contribution >= 4 is 45.1 Å². The Kier molecular flexibility index (Phi) is 8.61. The zero-order valence-electron chi connectivity index (χ0n) is 23.4. The van der Waals surface area contributed by atoms with Crippen LogP contribution in [0.4, 0.5) is 11.4 Å². The lowest BCUT2D eigenvalue weighted by molar-refractivity contribution is 0.0602. The van der Waals surface area contributed by atoms with Crippen molar-refractivity contribution in [1.82, 2.24) is 9.97 Å². The van der Waals surface area contributed by atoms with Gasteiger partial charge in [-0.2, -0.15) is 0 Å². The number of ether oxygens (including phenoxy) is 3. The predicted octanol–water partition coefficient (Wildman–Crippen LogP) is 4.40. The van der Waals surface area contributed by atoms with Gasteiger partial charge in [-0.25, -0.2) is 9.59 Å². The number of carboxylic acid groups (broad SMARTS) is 1. The Balaban J connectivity index is 0.000000165. The van der Waals surface area contributed by atoms with Crippen molar-refractivity contribution in [1.29, 1.82) is 0 Å². The SMILES string of the molecule is COC(=O)c1ccnc2ccc(N3CC[C@H](OC)C3)cc12.CO[C@H]1CCN(c2ccc3nccc(C(=O)O)c3c2)C1. The highest BCUT2D eigenvalue weighted by molar-refractivity contribution is 6.04. The number of fused-ring (bicyclic) bond motifs is 2. The molecule has 4 aromatic rings. The van der Waals surface area contributed by atoms with E-state index in [4.69, 9.17) is 14.2 Å². The topological polar surface area (TPSA) is 114 Å². The number of hydrogen-bond acceptors (Lipinski definition) is 9. The van der Waals surface area contributed by atoms with Crippen LogP contribution in [0.5, 0.6) is 0 Å². The molecule has 2 aromatic carbocycles. The standard InChI is InChI=1S/C16H18N2O3.C15H16N2O3/c1-20-12-6-8-18(10-12)11-3-4-15-14(9-11)13(5-7-17-15)16(19)21-2;1-20-11-5-7-17(9-11)10-2-3-14-13(8-10)12(15(18)19)4-6-16-14/h3-5,7,9,12H,6,8,10H2,1-2H3;2-4,6,8,11H,5,7,9H2,1H3,(H,18,19)/t12-;11-/m00/s1. The van der Waals surface area contributed by atoms with Crippen LogP contribution >= 0.6 is 0 Å². The summed E-state index contributed by atoms with van der Waals surface area (Å²) in [5.41, 5.74) is 4.44. The second kappa shape index (κ2) is 12.5. The van der Waals surface area contributed by atoms with Gasteiger partial charge in [-0.05, 0) is 61.4 Å². The zero-order valence-corrected chi connectivity index (χ0v) is 23.4. The molecule has 0 radical (unpaired) electrons. The number of carbonyl (C=O) groups is 2. The molecule has 0 amide bonds. The van der Waals surface area contributed by atoms with Gasteiger partial charge in [-0.3, -0.25) is 9.97 Å². The average molecular weight is 559 g/mol. The van der Waals surface area contributed by atoms with Crippen molar-refractivity contribution in [2.45, 2.75) is 25.0 Å². The Morgan fingerprint density at radius 3 is 1.68 bits per heavy atom. The lowest BCUT2D eigenvalue weighted by Gasteiger charge is -2.19. The summed E-state index contributed by atoms with van der Waals surface area (Å²) in [5, 5.41) is 10.8. The van der Waals surface area contributed by atoms with Crippen molar-refractivity contribution in [3.05, 3.63) is 72.1 Å². The maximum Gasteiger partial charge on any atom is 0.338 e. The first-order valence-corrected chi connectivity index (χ1v) is 13.6. The number of pyridine rings is 2. The van der Waals surface area contributed by atoms with Gasteiger partial charge in [0.05, 0.1) is 41.5 Å². The Morgan fingerprint density at radius 1 is 0.756 bits per heavy atom. The van der Waals surface area contributed by atoms with Crippen molar-refractivity contribution in [2.75, 3.05) is 57.3 Å². The summed E-state index contributed by atoms with van der Waals surface area (Å²) in [5.74, 6) is -1.26. The molecule has 0 spiro atoms. The summed E-state index contributed by atoms with van der Waals surface area (Å²) in [7, 11) is 4.86. The smallest absolute Gasteiger partial charge is 0.338 e.